The van der Waals surface area contributed by atoms with E-state index in [0.717, 1.165) is 12.8 Å². The molecule has 5 heteroatoms. The lowest BCUT2D eigenvalue weighted by atomic mass is 10.0. The molecule has 0 aliphatic rings. The summed E-state index contributed by atoms with van der Waals surface area (Å²) in [5, 5.41) is 0. The van der Waals surface area contributed by atoms with Crippen molar-refractivity contribution in [1.29, 1.82) is 0 Å². The van der Waals surface area contributed by atoms with Crippen molar-refractivity contribution < 1.29 is 12.6 Å². The van der Waals surface area contributed by atoms with Crippen molar-refractivity contribution in [1.82, 2.24) is 6.15 Å². The smallest absolute Gasteiger partial charge is 0.0840 e. The summed E-state index contributed by atoms with van der Waals surface area (Å²) in [6.07, 6.45) is 20.1. The van der Waals surface area contributed by atoms with Gasteiger partial charge in [0.05, 0.1) is 23.8 Å². The quantitative estimate of drug-likeness (QED) is 0.311. The summed E-state index contributed by atoms with van der Waals surface area (Å²) in [7, 11) is -0.318. The van der Waals surface area contributed by atoms with Crippen molar-refractivity contribution >= 4 is 9.63 Å². The van der Waals surface area contributed by atoms with Crippen LogP contribution >= 0.6 is 0 Å². The summed E-state index contributed by atoms with van der Waals surface area (Å²) in [5.41, 5.74) is 0. The number of hydrogen-bond donors (Lipinski definition) is 1. The molecule has 0 fully saturated rings. The summed E-state index contributed by atoms with van der Waals surface area (Å²) in [4.78, 5) is 0. The van der Waals surface area contributed by atoms with Crippen LogP contribution in [-0.2, 0) is 18.0 Å². The third kappa shape index (κ3) is 14.4. The van der Waals surface area contributed by atoms with E-state index in [0.29, 0.717) is 5.75 Å². The van der Waals surface area contributed by atoms with E-state index in [1.807, 2.05) is 0 Å². The number of hydrogen-bond acceptors (Lipinski definition) is 4. The Morgan fingerprint density at radius 1 is 0.625 bits per heavy atom. The molecule has 0 radical (unpaired) electrons. The van der Waals surface area contributed by atoms with E-state index >= 15 is 0 Å². The lowest BCUT2D eigenvalue weighted by molar-refractivity contribution is 0.289. The van der Waals surface area contributed by atoms with Gasteiger partial charge in [0.15, 0.2) is 0 Å². The summed E-state index contributed by atoms with van der Waals surface area (Å²) >= 11 is 0. The first-order valence-electron chi connectivity index (χ1n) is 9.72. The van der Waals surface area contributed by atoms with Crippen LogP contribution in [0.2, 0.25) is 0 Å². The largest absolute Gasteiger partial charge is 0.344 e. The predicted molar refractivity (Wildman–Crippen MR) is 108 cm³/mol. The Hall–Kier alpha value is 0.0300. The van der Waals surface area contributed by atoms with Gasteiger partial charge in [0.25, 0.3) is 0 Å². The fourth-order valence-electron chi connectivity index (χ4n) is 2.85. The molecule has 0 aliphatic carbocycles. The van der Waals surface area contributed by atoms with Gasteiger partial charge in [-0.15, -0.1) is 0 Å². The minimum absolute atomic E-state index is 0. The normalized spacial score (nSPS) is 13.2. The molecular formula is C19H45NO3S. The first kappa shape index (κ1) is 26.3. The van der Waals surface area contributed by atoms with Gasteiger partial charge in [0.2, 0.25) is 0 Å². The van der Waals surface area contributed by atoms with Crippen molar-refractivity contribution in [2.45, 2.75) is 96.8 Å². The molecular weight excluding hydrogens is 322 g/mol. The lowest BCUT2D eigenvalue weighted by Crippen LogP contribution is -2.38. The van der Waals surface area contributed by atoms with Crippen LogP contribution in [0.1, 0.15) is 96.8 Å². The Bertz CT molecular complexity index is 327. The Labute approximate surface area is 151 Å². The summed E-state index contributed by atoms with van der Waals surface area (Å²) in [6, 6.07) is 0. The van der Waals surface area contributed by atoms with E-state index in [2.05, 4.69) is 6.92 Å². The highest BCUT2D eigenvalue weighted by Crippen LogP contribution is 2.25. The second kappa shape index (κ2) is 15.3. The third-order valence-corrected chi connectivity index (χ3v) is 7.67. The highest BCUT2D eigenvalue weighted by molar-refractivity contribution is 8.11. The standard InChI is InChI=1S/C19H42O3S.H3N/c1-5-6-7-8-9-10-11-12-13-14-15-16-17-18-19-23(4,20,21-2)22-3;/h5-19H2,1-4H3;1H3. The molecule has 0 amide bonds. The molecule has 0 aliphatic heterocycles. The maximum Gasteiger partial charge on any atom is 0.0840 e. The molecule has 24 heavy (non-hydrogen) atoms. The van der Waals surface area contributed by atoms with Crippen molar-refractivity contribution in [2.75, 3.05) is 26.2 Å². The molecule has 0 atom stereocenters. The van der Waals surface area contributed by atoms with Crippen molar-refractivity contribution in [3.8, 4) is 0 Å². The zero-order chi connectivity index (χ0) is 17.5. The van der Waals surface area contributed by atoms with Crippen molar-refractivity contribution in [2.24, 2.45) is 0 Å². The second-order valence-corrected chi connectivity index (χ2v) is 10.7. The summed E-state index contributed by atoms with van der Waals surface area (Å²) in [5.74, 6) is 0.516. The van der Waals surface area contributed by atoms with Gasteiger partial charge in [-0.3, -0.25) is 8.37 Å². The average molecular weight is 368 g/mol. The zero-order valence-electron chi connectivity index (χ0n) is 16.9. The Morgan fingerprint density at radius 2 is 0.917 bits per heavy atom. The van der Waals surface area contributed by atoms with Crippen molar-refractivity contribution in [3.63, 3.8) is 0 Å². The van der Waals surface area contributed by atoms with Crippen LogP contribution in [0.5, 0.6) is 0 Å². The molecule has 0 saturated heterocycles. The van der Waals surface area contributed by atoms with Gasteiger partial charge < -0.3 is 6.15 Å². The van der Waals surface area contributed by atoms with E-state index in [1.54, 1.807) is 6.26 Å². The minimum atomic E-state index is -3.27. The second-order valence-electron chi connectivity index (χ2n) is 6.98. The van der Waals surface area contributed by atoms with Crippen LogP contribution in [0.15, 0.2) is 0 Å². The van der Waals surface area contributed by atoms with Crippen LogP contribution in [0.25, 0.3) is 0 Å². The molecule has 150 valence electrons. The van der Waals surface area contributed by atoms with Gasteiger partial charge >= 0.3 is 0 Å². The van der Waals surface area contributed by atoms with E-state index in [-0.39, 0.29) is 6.15 Å². The first-order valence-corrected chi connectivity index (χ1v) is 12.1. The topological polar surface area (TPSA) is 70.5 Å². The molecule has 0 unspecified atom stereocenters. The maximum absolute atomic E-state index is 12.4. The molecule has 0 heterocycles. The SMILES string of the molecule is CCCCCCCCCCCCCCCCS(C)(=O)(OC)OC.N. The molecule has 3 N–H and O–H groups in total. The van der Waals surface area contributed by atoms with E-state index in [9.17, 15) is 4.21 Å². The minimum Gasteiger partial charge on any atom is -0.344 e. The van der Waals surface area contributed by atoms with Crippen LogP contribution in [-0.4, -0.2) is 30.4 Å². The zero-order valence-corrected chi connectivity index (χ0v) is 17.8. The molecule has 0 aromatic rings. The van der Waals surface area contributed by atoms with Gasteiger partial charge in [-0.25, -0.2) is 4.21 Å². The van der Waals surface area contributed by atoms with Gasteiger partial charge in [0, 0.05) is 12.0 Å². The van der Waals surface area contributed by atoms with E-state index < -0.39 is 9.63 Å². The molecule has 0 rings (SSSR count). The Morgan fingerprint density at radius 3 is 1.21 bits per heavy atom. The van der Waals surface area contributed by atoms with E-state index in [1.165, 1.54) is 91.3 Å². The van der Waals surface area contributed by atoms with Gasteiger partial charge in [-0.05, 0) is 6.42 Å². The predicted octanol–water partition coefficient (Wildman–Crippen LogP) is 6.20. The highest BCUT2D eigenvalue weighted by atomic mass is 32.3. The molecule has 4 nitrogen and oxygen atoms in total. The third-order valence-electron chi connectivity index (χ3n) is 4.79. The monoisotopic (exact) mass is 367 g/mol. The highest BCUT2D eigenvalue weighted by Gasteiger charge is 2.28. The van der Waals surface area contributed by atoms with Crippen molar-refractivity contribution in [3.05, 3.63) is 0 Å². The van der Waals surface area contributed by atoms with Gasteiger partial charge in [-0.1, -0.05) is 90.4 Å². The fourth-order valence-corrected chi connectivity index (χ4v) is 4.17. The van der Waals surface area contributed by atoms with Crippen LogP contribution in [0, 0.1) is 0 Å². The summed E-state index contributed by atoms with van der Waals surface area (Å²) in [6.45, 7) is 2.27. The molecule has 0 aromatic carbocycles. The average Bonchev–Trinajstić information content (AvgIpc) is 2.55. The van der Waals surface area contributed by atoms with E-state index in [4.69, 9.17) is 8.37 Å². The Balaban J connectivity index is 0. The van der Waals surface area contributed by atoms with Gasteiger partial charge in [-0.2, -0.15) is 0 Å². The molecule has 0 saturated carbocycles. The van der Waals surface area contributed by atoms with Crippen LogP contribution < -0.4 is 6.15 Å². The maximum atomic E-state index is 12.4. The van der Waals surface area contributed by atoms with Crippen LogP contribution in [0.4, 0.5) is 0 Å². The van der Waals surface area contributed by atoms with Gasteiger partial charge in [0.1, 0.15) is 0 Å². The number of rotatable bonds is 17. The fraction of sp³-hybridized carbons (Fsp3) is 1.00. The van der Waals surface area contributed by atoms with Crippen LogP contribution in [0.3, 0.4) is 0 Å². The number of unbranched alkanes of at least 4 members (excludes halogenated alkanes) is 13. The molecule has 0 aromatic heterocycles. The molecule has 0 bridgehead atoms. The first-order chi connectivity index (χ1) is 11.0. The summed E-state index contributed by atoms with van der Waals surface area (Å²) < 4.78 is 22.6. The lowest BCUT2D eigenvalue weighted by Gasteiger charge is -2.35. The Kier molecular flexibility index (Phi) is 16.7. The molecule has 0 spiro atoms.